The molecule has 128 valence electrons. The second kappa shape index (κ2) is 6.16. The first-order valence-electron chi connectivity index (χ1n) is 8.43. The Morgan fingerprint density at radius 1 is 1.40 bits per heavy atom. The summed E-state index contributed by atoms with van der Waals surface area (Å²) in [6.45, 7) is 3.18. The summed E-state index contributed by atoms with van der Waals surface area (Å²) < 4.78 is 1.79. The van der Waals surface area contributed by atoms with Gasteiger partial charge in [-0.2, -0.15) is 5.26 Å². The summed E-state index contributed by atoms with van der Waals surface area (Å²) in [5, 5.41) is 20.6. The summed E-state index contributed by atoms with van der Waals surface area (Å²) in [7, 11) is 0. The molecule has 8 heteroatoms. The zero-order chi connectivity index (χ0) is 17.4. The minimum atomic E-state index is -0.0742. The van der Waals surface area contributed by atoms with E-state index in [1.807, 2.05) is 19.2 Å². The van der Waals surface area contributed by atoms with E-state index in [2.05, 4.69) is 31.6 Å². The maximum atomic E-state index is 12.3. The molecule has 1 saturated carbocycles. The third kappa shape index (κ3) is 3.05. The van der Waals surface area contributed by atoms with Crippen LogP contribution in [0.3, 0.4) is 0 Å². The molecule has 0 bridgehead atoms. The predicted octanol–water partition coefficient (Wildman–Crippen LogP) is 0.809. The van der Waals surface area contributed by atoms with Crippen molar-refractivity contribution in [1.82, 2.24) is 25.3 Å². The van der Waals surface area contributed by atoms with Gasteiger partial charge in [0, 0.05) is 37.1 Å². The number of pyridine rings is 1. The third-order valence-electron chi connectivity index (χ3n) is 4.83. The van der Waals surface area contributed by atoms with Gasteiger partial charge in [-0.1, -0.05) is 5.21 Å². The minimum absolute atomic E-state index is 0.0229. The average molecular weight is 337 g/mol. The van der Waals surface area contributed by atoms with E-state index in [1.54, 1.807) is 17.1 Å². The monoisotopic (exact) mass is 337 g/mol. The number of carbonyl (C=O) groups is 1. The van der Waals surface area contributed by atoms with Crippen molar-refractivity contribution in [1.29, 1.82) is 5.26 Å². The van der Waals surface area contributed by atoms with E-state index in [1.165, 1.54) is 0 Å². The summed E-state index contributed by atoms with van der Waals surface area (Å²) in [4.78, 5) is 18.6. The van der Waals surface area contributed by atoms with Crippen molar-refractivity contribution in [2.24, 2.45) is 5.92 Å². The van der Waals surface area contributed by atoms with Gasteiger partial charge in [0.15, 0.2) is 0 Å². The Kier molecular flexibility index (Phi) is 3.84. The van der Waals surface area contributed by atoms with Crippen LogP contribution < -0.4 is 10.2 Å². The van der Waals surface area contributed by atoms with Gasteiger partial charge in [0.25, 0.3) is 0 Å². The Labute approximate surface area is 145 Å². The Bertz CT molecular complexity index is 822. The maximum absolute atomic E-state index is 12.3. The van der Waals surface area contributed by atoms with Crippen LogP contribution in [0.4, 0.5) is 5.69 Å². The molecule has 2 atom stereocenters. The number of nitrogens with one attached hydrogen (secondary N) is 1. The van der Waals surface area contributed by atoms with Gasteiger partial charge in [0.05, 0.1) is 29.5 Å². The Morgan fingerprint density at radius 2 is 2.24 bits per heavy atom. The molecule has 4 rings (SSSR count). The fraction of sp³-hybridized carbons (Fsp3) is 0.471. The molecule has 0 aromatic carbocycles. The van der Waals surface area contributed by atoms with Crippen molar-refractivity contribution in [3.8, 4) is 6.07 Å². The van der Waals surface area contributed by atoms with Crippen molar-refractivity contribution in [3.63, 3.8) is 0 Å². The molecule has 8 nitrogen and oxygen atoms in total. The Hall–Kier alpha value is -2.95. The zero-order valence-corrected chi connectivity index (χ0v) is 14.0. The lowest BCUT2D eigenvalue weighted by Crippen LogP contribution is -2.42. The van der Waals surface area contributed by atoms with Gasteiger partial charge in [0.1, 0.15) is 6.07 Å². The molecule has 2 fully saturated rings. The third-order valence-corrected chi connectivity index (χ3v) is 4.83. The van der Waals surface area contributed by atoms with Crippen LogP contribution in [0.1, 0.15) is 30.1 Å². The van der Waals surface area contributed by atoms with Gasteiger partial charge >= 0.3 is 0 Å². The van der Waals surface area contributed by atoms with Crippen molar-refractivity contribution in [2.45, 2.75) is 31.8 Å². The lowest BCUT2D eigenvalue weighted by atomic mass is 10.1. The molecule has 1 amide bonds. The molecule has 2 aliphatic rings. The fourth-order valence-corrected chi connectivity index (χ4v) is 3.33. The maximum Gasteiger partial charge on any atom is 0.223 e. The highest BCUT2D eigenvalue weighted by molar-refractivity contribution is 5.81. The van der Waals surface area contributed by atoms with Crippen LogP contribution in [-0.4, -0.2) is 45.0 Å². The molecule has 1 saturated heterocycles. The van der Waals surface area contributed by atoms with E-state index in [9.17, 15) is 10.1 Å². The SMILES string of the molecule is Cc1cc(N2C[C@@H](NC(=O)C3CC3)[C@@H](n3ccnn3)C2)c(C#N)cn1. The number of anilines is 1. The summed E-state index contributed by atoms with van der Waals surface area (Å²) in [6, 6.07) is 4.03. The van der Waals surface area contributed by atoms with Crippen molar-refractivity contribution in [3.05, 3.63) is 35.9 Å². The van der Waals surface area contributed by atoms with E-state index >= 15 is 0 Å². The first-order chi connectivity index (χ1) is 12.2. The molecule has 25 heavy (non-hydrogen) atoms. The molecule has 0 unspecified atom stereocenters. The number of aryl methyl sites for hydroxylation is 1. The Morgan fingerprint density at radius 3 is 2.92 bits per heavy atom. The fourth-order valence-electron chi connectivity index (χ4n) is 3.33. The van der Waals surface area contributed by atoms with Crippen molar-refractivity contribution >= 4 is 11.6 Å². The van der Waals surface area contributed by atoms with E-state index < -0.39 is 0 Å². The molecule has 1 aliphatic carbocycles. The smallest absolute Gasteiger partial charge is 0.223 e. The summed E-state index contributed by atoms with van der Waals surface area (Å²) in [5.41, 5.74) is 2.25. The molecular formula is C17H19N7O. The van der Waals surface area contributed by atoms with Crippen LogP contribution in [0.5, 0.6) is 0 Å². The largest absolute Gasteiger partial charge is 0.366 e. The standard InChI is InChI=1S/C17H19N7O/c1-11-6-15(13(7-18)8-19-11)23-9-14(21-17(25)12-2-3-12)16(10-23)24-5-4-20-22-24/h4-6,8,12,14,16H,2-3,9-10H2,1H3,(H,21,25)/t14-,16+/m1/s1. The van der Waals surface area contributed by atoms with Gasteiger partial charge < -0.3 is 10.2 Å². The molecule has 2 aromatic heterocycles. The number of amides is 1. The highest BCUT2D eigenvalue weighted by Gasteiger charge is 2.39. The first-order valence-corrected chi connectivity index (χ1v) is 8.43. The normalized spacial score (nSPS) is 22.6. The van der Waals surface area contributed by atoms with Crippen molar-refractivity contribution < 1.29 is 4.79 Å². The van der Waals surface area contributed by atoms with Gasteiger partial charge in [-0.25, -0.2) is 4.68 Å². The van der Waals surface area contributed by atoms with Crippen molar-refractivity contribution in [2.75, 3.05) is 18.0 Å². The first kappa shape index (κ1) is 15.6. The highest BCUT2D eigenvalue weighted by atomic mass is 16.2. The van der Waals surface area contributed by atoms with Gasteiger partial charge in [-0.15, -0.1) is 5.10 Å². The van der Waals surface area contributed by atoms with Crippen LogP contribution in [0, 0.1) is 24.2 Å². The van der Waals surface area contributed by atoms with Crippen LogP contribution >= 0.6 is 0 Å². The predicted molar refractivity (Wildman–Crippen MR) is 89.6 cm³/mol. The molecule has 0 spiro atoms. The van der Waals surface area contributed by atoms with E-state index in [-0.39, 0.29) is 23.9 Å². The molecule has 1 aliphatic heterocycles. The van der Waals surface area contributed by atoms with Crippen LogP contribution in [0.2, 0.25) is 0 Å². The van der Waals surface area contributed by atoms with Crippen LogP contribution in [0.15, 0.2) is 24.7 Å². The lowest BCUT2D eigenvalue weighted by Gasteiger charge is -2.20. The van der Waals surface area contributed by atoms with E-state index in [0.29, 0.717) is 18.7 Å². The molecule has 2 aromatic rings. The molecular weight excluding hydrogens is 318 g/mol. The molecule has 3 heterocycles. The molecule has 1 N–H and O–H groups in total. The topological polar surface area (TPSA) is 99.7 Å². The lowest BCUT2D eigenvalue weighted by molar-refractivity contribution is -0.123. The number of rotatable bonds is 4. The number of aromatic nitrogens is 4. The van der Waals surface area contributed by atoms with E-state index in [0.717, 1.165) is 24.2 Å². The quantitative estimate of drug-likeness (QED) is 0.886. The minimum Gasteiger partial charge on any atom is -0.366 e. The summed E-state index contributed by atoms with van der Waals surface area (Å²) in [5.74, 6) is 0.270. The number of nitrogens with zero attached hydrogens (tertiary/aromatic N) is 6. The van der Waals surface area contributed by atoms with E-state index in [4.69, 9.17) is 0 Å². The molecule has 0 radical (unpaired) electrons. The second-order valence-electron chi connectivity index (χ2n) is 6.70. The Balaban J connectivity index is 1.62. The summed E-state index contributed by atoms with van der Waals surface area (Å²) >= 11 is 0. The average Bonchev–Trinajstić information content (AvgIpc) is 3.16. The van der Waals surface area contributed by atoms with Gasteiger partial charge in [-0.05, 0) is 25.8 Å². The van der Waals surface area contributed by atoms with Gasteiger partial charge in [-0.3, -0.25) is 9.78 Å². The van der Waals surface area contributed by atoms with Gasteiger partial charge in [0.2, 0.25) is 5.91 Å². The summed E-state index contributed by atoms with van der Waals surface area (Å²) in [6.07, 6.45) is 7.00. The zero-order valence-electron chi connectivity index (χ0n) is 14.0. The number of nitriles is 1. The number of hydrogen-bond acceptors (Lipinski definition) is 6. The highest BCUT2D eigenvalue weighted by Crippen LogP contribution is 2.32. The number of hydrogen-bond donors (Lipinski definition) is 1. The van der Waals surface area contributed by atoms with Crippen LogP contribution in [0.25, 0.3) is 0 Å². The van der Waals surface area contributed by atoms with Crippen LogP contribution in [-0.2, 0) is 4.79 Å². The number of carbonyl (C=O) groups excluding carboxylic acids is 1. The second-order valence-corrected chi connectivity index (χ2v) is 6.70.